The van der Waals surface area contributed by atoms with Gasteiger partial charge in [-0.05, 0) is 35.4 Å². The van der Waals surface area contributed by atoms with Gasteiger partial charge < -0.3 is 36.0 Å². The number of halogens is 1. The molecule has 0 bridgehead atoms. The molecule has 4 nitrogen and oxygen atoms in total. The van der Waals surface area contributed by atoms with E-state index in [4.69, 9.17) is 9.47 Å². The van der Waals surface area contributed by atoms with E-state index in [1.54, 1.807) is 14.2 Å². The maximum atomic E-state index is 9.80. The highest BCUT2D eigenvalue weighted by molar-refractivity contribution is 5.52. The lowest BCUT2D eigenvalue weighted by atomic mass is 9.81. The van der Waals surface area contributed by atoms with Gasteiger partial charge in [0.25, 0.3) is 0 Å². The summed E-state index contributed by atoms with van der Waals surface area (Å²) in [4.78, 5) is 0. The van der Waals surface area contributed by atoms with Crippen LogP contribution < -0.4 is 26.5 Å². The average Bonchev–Trinajstić information content (AvgIpc) is 2.58. The summed E-state index contributed by atoms with van der Waals surface area (Å²) in [6, 6.07) is 10.5. The first-order chi connectivity index (χ1) is 11.6. The van der Waals surface area contributed by atoms with Gasteiger partial charge in [-0.15, -0.1) is 0 Å². The van der Waals surface area contributed by atoms with E-state index >= 15 is 0 Å². The molecule has 2 aliphatic rings. The number of methoxy groups -OCH3 is 2. The van der Waals surface area contributed by atoms with E-state index in [1.807, 2.05) is 18.2 Å². The monoisotopic (exact) mass is 405 g/mol. The number of benzene rings is 2. The fourth-order valence-electron chi connectivity index (χ4n) is 4.49. The fraction of sp³-hybridized carbons (Fsp3) is 0.400. The molecule has 0 radical (unpaired) electrons. The Morgan fingerprint density at radius 1 is 1.08 bits per heavy atom. The third-order valence-electron chi connectivity index (χ3n) is 5.81. The predicted octanol–water partition coefficient (Wildman–Crippen LogP) is 0.214. The fourth-order valence-corrected chi connectivity index (χ4v) is 4.49. The van der Waals surface area contributed by atoms with Crippen LogP contribution in [0.25, 0.3) is 0 Å². The lowest BCUT2D eigenvalue weighted by molar-refractivity contribution is -0.956. The highest BCUT2D eigenvalue weighted by Gasteiger charge is 2.44. The van der Waals surface area contributed by atoms with Crippen molar-refractivity contribution in [3.05, 3.63) is 52.6 Å². The van der Waals surface area contributed by atoms with Crippen LogP contribution in [0.4, 0.5) is 0 Å². The quantitative estimate of drug-likeness (QED) is 0.726. The number of rotatable bonds is 2. The highest BCUT2D eigenvalue weighted by atomic mass is 79.9. The maximum Gasteiger partial charge on any atom is 0.169 e. The predicted molar refractivity (Wildman–Crippen MR) is 92.6 cm³/mol. The molecule has 25 heavy (non-hydrogen) atoms. The van der Waals surface area contributed by atoms with E-state index in [2.05, 4.69) is 19.2 Å². The van der Waals surface area contributed by atoms with Gasteiger partial charge in [0.1, 0.15) is 18.3 Å². The smallest absolute Gasteiger partial charge is 0.169 e. The van der Waals surface area contributed by atoms with Crippen molar-refractivity contribution in [3.8, 4) is 17.2 Å². The minimum Gasteiger partial charge on any atom is -1.00 e. The Labute approximate surface area is 159 Å². The Balaban J connectivity index is 0.00000182. The van der Waals surface area contributed by atoms with Crippen molar-refractivity contribution in [3.63, 3.8) is 0 Å². The van der Waals surface area contributed by atoms with Crippen LogP contribution in [0.5, 0.6) is 17.2 Å². The number of likely N-dealkylation sites (N-methyl/N-ethyl adjacent to an activating group) is 1. The number of hydrogen-bond donors (Lipinski definition) is 1. The molecule has 1 N–H and O–H groups in total. The molecule has 2 atom stereocenters. The van der Waals surface area contributed by atoms with Crippen LogP contribution >= 0.6 is 0 Å². The van der Waals surface area contributed by atoms with Gasteiger partial charge in [0.05, 0.1) is 33.4 Å². The molecule has 0 aliphatic carbocycles. The standard InChI is InChI=1S/C20H23NO3.BrH/c1-21-9-8-14-10-15(22)5-6-16(14)18(21)11-13-4-7-19(23-2)20(24-3)17(13)12-21;/h4-7,10,18H,8-9,11-12H2,1-3H3;1H. The number of hydrogen-bond acceptors (Lipinski definition) is 3. The maximum absolute atomic E-state index is 9.80. The van der Waals surface area contributed by atoms with Crippen molar-refractivity contribution in [2.24, 2.45) is 0 Å². The molecule has 2 aromatic carbocycles. The number of aromatic hydroxyl groups is 1. The minimum atomic E-state index is 0. The normalized spacial score (nSPS) is 23.6. The van der Waals surface area contributed by atoms with Crippen LogP contribution in [0.2, 0.25) is 0 Å². The second-order valence-electron chi connectivity index (χ2n) is 7.15. The lowest BCUT2D eigenvalue weighted by Crippen LogP contribution is -3.00. The first kappa shape index (κ1) is 18.1. The molecule has 5 heteroatoms. The minimum absolute atomic E-state index is 0. The molecule has 0 saturated heterocycles. The molecular formula is C20H24BrNO3. The topological polar surface area (TPSA) is 38.7 Å². The second-order valence-corrected chi connectivity index (χ2v) is 7.15. The second kappa shape index (κ2) is 6.54. The molecular weight excluding hydrogens is 382 g/mol. The van der Waals surface area contributed by atoms with Gasteiger partial charge in [-0.1, -0.05) is 6.07 Å². The Hall–Kier alpha value is -1.72. The van der Waals surface area contributed by atoms with Gasteiger partial charge in [0.2, 0.25) is 0 Å². The first-order valence-electron chi connectivity index (χ1n) is 8.44. The lowest BCUT2D eigenvalue weighted by Gasteiger charge is -2.49. The van der Waals surface area contributed by atoms with E-state index in [-0.39, 0.29) is 17.0 Å². The molecule has 2 aromatic rings. The summed E-state index contributed by atoms with van der Waals surface area (Å²) in [7, 11) is 5.75. The van der Waals surface area contributed by atoms with E-state index in [0.717, 1.165) is 41.9 Å². The molecule has 2 heterocycles. The van der Waals surface area contributed by atoms with Crippen molar-refractivity contribution < 1.29 is 36.0 Å². The van der Waals surface area contributed by atoms with Gasteiger partial charge in [0, 0.05) is 18.4 Å². The van der Waals surface area contributed by atoms with Gasteiger partial charge in [-0.2, -0.15) is 0 Å². The molecule has 134 valence electrons. The highest BCUT2D eigenvalue weighted by Crippen LogP contribution is 2.47. The summed E-state index contributed by atoms with van der Waals surface area (Å²) < 4.78 is 12.1. The van der Waals surface area contributed by atoms with Crippen molar-refractivity contribution in [1.29, 1.82) is 0 Å². The Bertz CT molecular complexity index is 808. The molecule has 0 amide bonds. The van der Waals surface area contributed by atoms with E-state index < -0.39 is 0 Å². The summed E-state index contributed by atoms with van der Waals surface area (Å²) in [5, 5.41) is 9.80. The van der Waals surface area contributed by atoms with Gasteiger partial charge in [-0.3, -0.25) is 0 Å². The van der Waals surface area contributed by atoms with E-state index in [9.17, 15) is 5.11 Å². The molecule has 2 aliphatic heterocycles. The number of ether oxygens (including phenoxy) is 2. The molecule has 0 spiro atoms. The van der Waals surface area contributed by atoms with Crippen LogP contribution in [-0.2, 0) is 19.4 Å². The average molecular weight is 406 g/mol. The number of fused-ring (bicyclic) bond motifs is 4. The van der Waals surface area contributed by atoms with Crippen molar-refractivity contribution >= 4 is 0 Å². The number of phenolic OH excluding ortho intramolecular Hbond substituents is 1. The van der Waals surface area contributed by atoms with Crippen LogP contribution in [0.3, 0.4) is 0 Å². The number of quaternary nitrogens is 1. The largest absolute Gasteiger partial charge is 1.00 e. The Morgan fingerprint density at radius 2 is 1.88 bits per heavy atom. The summed E-state index contributed by atoms with van der Waals surface area (Å²) >= 11 is 0. The number of nitrogens with zero attached hydrogens (tertiary/aromatic N) is 1. The summed E-state index contributed by atoms with van der Waals surface area (Å²) in [6.07, 6.45) is 1.99. The molecule has 4 rings (SSSR count). The first-order valence-corrected chi connectivity index (χ1v) is 8.44. The van der Waals surface area contributed by atoms with E-state index in [1.165, 1.54) is 22.3 Å². The Morgan fingerprint density at radius 3 is 2.60 bits per heavy atom. The zero-order valence-electron chi connectivity index (χ0n) is 14.9. The number of phenols is 1. The van der Waals surface area contributed by atoms with E-state index in [0.29, 0.717) is 11.8 Å². The molecule has 0 fully saturated rings. The van der Waals surface area contributed by atoms with Crippen LogP contribution in [0.1, 0.15) is 28.3 Å². The van der Waals surface area contributed by atoms with Gasteiger partial charge >= 0.3 is 0 Å². The van der Waals surface area contributed by atoms with Crippen molar-refractivity contribution in [1.82, 2.24) is 0 Å². The van der Waals surface area contributed by atoms with Crippen molar-refractivity contribution in [2.45, 2.75) is 25.4 Å². The molecule has 0 aromatic heterocycles. The third-order valence-corrected chi connectivity index (χ3v) is 5.81. The summed E-state index contributed by atoms with van der Waals surface area (Å²) in [5.74, 6) is 2.06. The zero-order chi connectivity index (χ0) is 16.9. The van der Waals surface area contributed by atoms with Gasteiger partial charge in [-0.25, -0.2) is 0 Å². The zero-order valence-corrected chi connectivity index (χ0v) is 16.5. The summed E-state index contributed by atoms with van der Waals surface area (Å²) in [6.45, 7) is 2.02. The summed E-state index contributed by atoms with van der Waals surface area (Å²) in [5.41, 5.74) is 5.29. The van der Waals surface area contributed by atoms with Gasteiger partial charge in [0.15, 0.2) is 11.5 Å². The van der Waals surface area contributed by atoms with Crippen LogP contribution in [-0.4, -0.2) is 37.4 Å². The third kappa shape index (κ3) is 2.79. The molecule has 0 saturated carbocycles. The van der Waals surface area contributed by atoms with Crippen LogP contribution in [0, 0.1) is 0 Å². The van der Waals surface area contributed by atoms with Crippen LogP contribution in [0.15, 0.2) is 30.3 Å². The van der Waals surface area contributed by atoms with Crippen molar-refractivity contribution in [2.75, 3.05) is 27.8 Å². The Kier molecular flexibility index (Phi) is 4.73. The SMILES string of the molecule is COc1ccc2c(c1OC)C[N+]1(C)CCc3cc(O)ccc3C1C2.[Br-]. The molecule has 2 unspecified atom stereocenters.